The standard InChI is InChI=1S/C20H23N4/c1-14-5-4-10-24(14)13-16-6-2-3-7-18(16)15-8-9-19-17(11-15)12-22-20(21)23-19/h2-3,6-9,11-12,14H,4-5,10,13H2,1H3,(H3,21,22,23)/t14-/m0/s1. The third kappa shape index (κ3) is 2.89. The number of hydrogen-bond acceptors (Lipinski definition) is 4. The van der Waals surface area contributed by atoms with E-state index in [-0.39, 0.29) is 0 Å². The molecule has 0 aromatic heterocycles. The summed E-state index contributed by atoms with van der Waals surface area (Å²) in [7, 11) is 0. The molecule has 1 fully saturated rings. The predicted molar refractivity (Wildman–Crippen MR) is 99.6 cm³/mol. The molecule has 0 spiro atoms. The fraction of sp³-hybridized carbons (Fsp3) is 0.300. The van der Waals surface area contributed by atoms with E-state index in [4.69, 9.17) is 5.73 Å². The quantitative estimate of drug-likeness (QED) is 0.909. The van der Waals surface area contributed by atoms with Gasteiger partial charge in [-0.1, -0.05) is 30.3 Å². The van der Waals surface area contributed by atoms with Gasteiger partial charge in [-0.25, -0.2) is 4.99 Å². The molecule has 0 amide bonds. The first kappa shape index (κ1) is 15.2. The van der Waals surface area contributed by atoms with Crippen molar-refractivity contribution in [2.75, 3.05) is 11.9 Å². The minimum atomic E-state index is 0.443. The molecule has 4 nitrogen and oxygen atoms in total. The molecular formula is C20H23N4. The summed E-state index contributed by atoms with van der Waals surface area (Å²) in [5.41, 5.74) is 11.7. The number of nitrogens with zero attached hydrogens (tertiary/aromatic N) is 2. The lowest BCUT2D eigenvalue weighted by molar-refractivity contribution is 0.261. The van der Waals surface area contributed by atoms with E-state index in [1.165, 1.54) is 36.1 Å². The van der Waals surface area contributed by atoms with Crippen LogP contribution in [0, 0.1) is 6.54 Å². The summed E-state index contributed by atoms with van der Waals surface area (Å²) < 4.78 is 0. The molecule has 1 saturated heterocycles. The van der Waals surface area contributed by atoms with Crippen molar-refractivity contribution >= 4 is 11.6 Å². The number of hydrogen-bond donors (Lipinski definition) is 2. The highest BCUT2D eigenvalue weighted by Crippen LogP contribution is 2.31. The van der Waals surface area contributed by atoms with Gasteiger partial charge in [0, 0.05) is 23.8 Å². The Morgan fingerprint density at radius 2 is 2.12 bits per heavy atom. The van der Waals surface area contributed by atoms with Crippen LogP contribution in [0.25, 0.3) is 11.1 Å². The molecule has 4 rings (SSSR count). The third-order valence-corrected chi connectivity index (χ3v) is 5.05. The SMILES string of the molecule is C[C@H]1CCCN1Cc1ccccc1-c1ccc2c(c1)[CH]N=C(N)N2. The summed E-state index contributed by atoms with van der Waals surface area (Å²) in [4.78, 5) is 6.75. The largest absolute Gasteiger partial charge is 0.370 e. The summed E-state index contributed by atoms with van der Waals surface area (Å²) in [5, 5.41) is 3.11. The molecule has 24 heavy (non-hydrogen) atoms. The Hall–Kier alpha value is -2.33. The lowest BCUT2D eigenvalue weighted by atomic mass is 9.96. The number of nitrogens with two attached hydrogens (primary N) is 1. The highest BCUT2D eigenvalue weighted by molar-refractivity contribution is 5.96. The molecule has 1 radical (unpaired) electrons. The van der Waals surface area contributed by atoms with E-state index in [0.29, 0.717) is 12.0 Å². The van der Waals surface area contributed by atoms with Crippen LogP contribution in [0.2, 0.25) is 0 Å². The second kappa shape index (κ2) is 6.29. The van der Waals surface area contributed by atoms with Crippen LogP contribution in [0.15, 0.2) is 47.5 Å². The second-order valence-electron chi connectivity index (χ2n) is 6.69. The van der Waals surface area contributed by atoms with Crippen LogP contribution in [0.3, 0.4) is 0 Å². The lowest BCUT2D eigenvalue weighted by Gasteiger charge is -2.23. The van der Waals surface area contributed by atoms with E-state index >= 15 is 0 Å². The maximum Gasteiger partial charge on any atom is 0.193 e. The number of rotatable bonds is 3. The van der Waals surface area contributed by atoms with Crippen LogP contribution in [0.1, 0.15) is 30.9 Å². The van der Waals surface area contributed by atoms with Crippen LogP contribution < -0.4 is 11.1 Å². The molecule has 2 aliphatic heterocycles. The average molecular weight is 319 g/mol. The summed E-state index contributed by atoms with van der Waals surface area (Å²) in [6.45, 7) is 6.38. The van der Waals surface area contributed by atoms with Crippen molar-refractivity contribution in [2.24, 2.45) is 10.7 Å². The molecular weight excluding hydrogens is 296 g/mol. The number of anilines is 1. The smallest absolute Gasteiger partial charge is 0.193 e. The van der Waals surface area contributed by atoms with E-state index in [0.717, 1.165) is 17.8 Å². The molecule has 2 aliphatic rings. The first-order chi connectivity index (χ1) is 11.7. The van der Waals surface area contributed by atoms with Crippen molar-refractivity contribution in [2.45, 2.75) is 32.4 Å². The molecule has 0 aliphatic carbocycles. The van der Waals surface area contributed by atoms with Crippen LogP contribution in [0.4, 0.5) is 5.69 Å². The summed E-state index contributed by atoms with van der Waals surface area (Å²) in [6.07, 6.45) is 2.61. The zero-order valence-corrected chi connectivity index (χ0v) is 14.0. The minimum Gasteiger partial charge on any atom is -0.370 e. The van der Waals surface area contributed by atoms with Gasteiger partial charge in [-0.05, 0) is 55.1 Å². The van der Waals surface area contributed by atoms with Crippen molar-refractivity contribution in [1.82, 2.24) is 4.90 Å². The Labute approximate surface area is 143 Å². The highest BCUT2D eigenvalue weighted by Gasteiger charge is 2.21. The van der Waals surface area contributed by atoms with Crippen molar-refractivity contribution < 1.29 is 0 Å². The molecule has 2 aromatic rings. The fourth-order valence-corrected chi connectivity index (χ4v) is 3.65. The Morgan fingerprint density at radius 3 is 2.96 bits per heavy atom. The van der Waals surface area contributed by atoms with Gasteiger partial charge >= 0.3 is 0 Å². The maximum absolute atomic E-state index is 5.73. The number of benzene rings is 2. The minimum absolute atomic E-state index is 0.443. The molecule has 0 bridgehead atoms. The predicted octanol–water partition coefficient (Wildman–Crippen LogP) is 3.59. The number of aliphatic imine (C=N–C) groups is 1. The topological polar surface area (TPSA) is 53.6 Å². The first-order valence-electron chi connectivity index (χ1n) is 8.60. The van der Waals surface area contributed by atoms with Crippen LogP contribution in [-0.2, 0) is 6.54 Å². The van der Waals surface area contributed by atoms with E-state index in [2.05, 4.69) is 64.6 Å². The van der Waals surface area contributed by atoms with Crippen molar-refractivity contribution in [3.8, 4) is 11.1 Å². The van der Waals surface area contributed by atoms with Crippen LogP contribution >= 0.6 is 0 Å². The molecule has 3 N–H and O–H groups in total. The number of likely N-dealkylation sites (tertiary alicyclic amines) is 1. The molecule has 123 valence electrons. The average Bonchev–Trinajstić information content (AvgIpc) is 3.00. The van der Waals surface area contributed by atoms with Crippen molar-refractivity contribution in [1.29, 1.82) is 0 Å². The van der Waals surface area contributed by atoms with Crippen molar-refractivity contribution in [3.63, 3.8) is 0 Å². The van der Waals surface area contributed by atoms with Gasteiger partial charge in [0.05, 0.1) is 0 Å². The van der Waals surface area contributed by atoms with Gasteiger partial charge < -0.3 is 11.1 Å². The number of fused-ring (bicyclic) bond motifs is 1. The summed E-state index contributed by atoms with van der Waals surface area (Å²) >= 11 is 0. The first-order valence-corrected chi connectivity index (χ1v) is 8.60. The zero-order chi connectivity index (χ0) is 16.5. The highest BCUT2D eigenvalue weighted by atomic mass is 15.2. The molecule has 4 heteroatoms. The van der Waals surface area contributed by atoms with E-state index in [1.807, 2.05) is 6.54 Å². The Balaban J connectivity index is 1.65. The molecule has 0 saturated carbocycles. The van der Waals surface area contributed by atoms with Crippen LogP contribution in [0.5, 0.6) is 0 Å². The zero-order valence-electron chi connectivity index (χ0n) is 14.0. The monoisotopic (exact) mass is 319 g/mol. The number of nitrogens with one attached hydrogen (secondary N) is 1. The Morgan fingerprint density at radius 1 is 1.25 bits per heavy atom. The van der Waals surface area contributed by atoms with Gasteiger partial charge in [-0.2, -0.15) is 0 Å². The van der Waals surface area contributed by atoms with Gasteiger partial charge in [0.1, 0.15) is 6.54 Å². The number of guanidine groups is 1. The second-order valence-corrected chi connectivity index (χ2v) is 6.69. The van der Waals surface area contributed by atoms with Crippen molar-refractivity contribution in [3.05, 3.63) is 60.1 Å². The molecule has 0 unspecified atom stereocenters. The van der Waals surface area contributed by atoms with Gasteiger partial charge in [0.2, 0.25) is 0 Å². The van der Waals surface area contributed by atoms with Crippen LogP contribution in [-0.4, -0.2) is 23.4 Å². The molecule has 2 aromatic carbocycles. The van der Waals surface area contributed by atoms with E-state index < -0.39 is 0 Å². The van der Waals surface area contributed by atoms with Gasteiger partial charge in [-0.3, -0.25) is 4.90 Å². The van der Waals surface area contributed by atoms with Gasteiger partial charge in [-0.15, -0.1) is 0 Å². The maximum atomic E-state index is 5.73. The van der Waals surface area contributed by atoms with Gasteiger partial charge in [0.15, 0.2) is 5.96 Å². The van der Waals surface area contributed by atoms with E-state index in [1.54, 1.807) is 0 Å². The normalized spacial score (nSPS) is 20.4. The fourth-order valence-electron chi connectivity index (χ4n) is 3.65. The van der Waals surface area contributed by atoms with Gasteiger partial charge in [0.25, 0.3) is 0 Å². The van der Waals surface area contributed by atoms with E-state index in [9.17, 15) is 0 Å². The Bertz CT molecular complexity index is 781. The Kier molecular flexibility index (Phi) is 3.98. The summed E-state index contributed by atoms with van der Waals surface area (Å²) in [6, 6.07) is 15.8. The third-order valence-electron chi connectivity index (χ3n) is 5.05. The lowest BCUT2D eigenvalue weighted by Crippen LogP contribution is -2.26. The molecule has 1 atom stereocenters. The molecule has 2 heterocycles. The summed E-state index contributed by atoms with van der Waals surface area (Å²) in [5.74, 6) is 0.443.